The van der Waals surface area contributed by atoms with Crippen LogP contribution in [0.2, 0.25) is 0 Å². The van der Waals surface area contributed by atoms with Crippen LogP contribution in [0.3, 0.4) is 0 Å². The Morgan fingerprint density at radius 2 is 2.16 bits per heavy atom. The number of oxazole rings is 1. The first-order valence-corrected chi connectivity index (χ1v) is 6.01. The van der Waals surface area contributed by atoms with Crippen molar-refractivity contribution >= 4 is 28.8 Å². The van der Waals surface area contributed by atoms with Crippen molar-refractivity contribution in [3.63, 3.8) is 0 Å². The Kier molecular flexibility index (Phi) is 3.62. The number of thiocarbonyl (C=S) groups is 1. The second kappa shape index (κ2) is 5.19. The molecule has 0 aliphatic rings. The summed E-state index contributed by atoms with van der Waals surface area (Å²) in [5.41, 5.74) is 8.37. The lowest BCUT2D eigenvalue weighted by molar-refractivity contribution is 0.0996. The van der Waals surface area contributed by atoms with Gasteiger partial charge in [-0.25, -0.2) is 4.98 Å². The summed E-state index contributed by atoms with van der Waals surface area (Å²) in [5.74, 6) is -0.154. The van der Waals surface area contributed by atoms with Gasteiger partial charge in [0.25, 0.3) is 5.91 Å². The van der Waals surface area contributed by atoms with Crippen LogP contribution in [-0.4, -0.2) is 15.9 Å². The van der Waals surface area contributed by atoms with E-state index in [4.69, 9.17) is 22.4 Å². The van der Waals surface area contributed by atoms with Crippen LogP contribution in [0, 0.1) is 13.8 Å². The molecule has 0 aliphatic carbocycles. The molecular weight excluding hydrogens is 262 g/mol. The number of nitrogens with two attached hydrogens (primary N) is 1. The fourth-order valence-electron chi connectivity index (χ4n) is 1.61. The maximum absolute atomic E-state index is 12.0. The van der Waals surface area contributed by atoms with Crippen LogP contribution in [-0.2, 0) is 0 Å². The molecule has 1 aromatic heterocycles. The van der Waals surface area contributed by atoms with Crippen molar-refractivity contribution in [3.8, 4) is 0 Å². The number of rotatable bonds is 3. The van der Waals surface area contributed by atoms with Crippen molar-refractivity contribution in [2.75, 3.05) is 5.32 Å². The van der Waals surface area contributed by atoms with Gasteiger partial charge in [0.15, 0.2) is 6.39 Å². The van der Waals surface area contributed by atoms with Gasteiger partial charge in [0, 0.05) is 11.3 Å². The monoisotopic (exact) mass is 275 g/mol. The molecule has 0 fully saturated rings. The molecule has 1 amide bonds. The molecule has 0 unspecified atom stereocenters. The normalized spacial score (nSPS) is 10.2. The lowest BCUT2D eigenvalue weighted by Gasteiger charge is -2.09. The Balaban J connectivity index is 2.28. The smallest absolute Gasteiger partial charge is 0.293 e. The van der Waals surface area contributed by atoms with Gasteiger partial charge in [-0.1, -0.05) is 24.4 Å². The molecule has 0 atom stereocenters. The summed E-state index contributed by atoms with van der Waals surface area (Å²) >= 11 is 4.92. The van der Waals surface area contributed by atoms with Crippen LogP contribution in [0.4, 0.5) is 5.69 Å². The molecule has 0 saturated carbocycles. The number of hydrogen-bond donors (Lipinski definition) is 2. The molecule has 1 aromatic carbocycles. The lowest BCUT2D eigenvalue weighted by atomic mass is 10.1. The first-order valence-electron chi connectivity index (χ1n) is 5.61. The van der Waals surface area contributed by atoms with E-state index < -0.39 is 0 Å². The van der Waals surface area contributed by atoms with Crippen LogP contribution in [0.5, 0.6) is 0 Å². The molecule has 2 aromatic rings. The second-order valence-corrected chi connectivity index (χ2v) is 4.55. The number of carbonyl (C=O) groups is 1. The van der Waals surface area contributed by atoms with Crippen LogP contribution in [0.15, 0.2) is 29.0 Å². The summed E-state index contributed by atoms with van der Waals surface area (Å²) in [5, 5.41) is 2.76. The molecule has 0 radical (unpaired) electrons. The van der Waals surface area contributed by atoms with E-state index in [1.54, 1.807) is 13.0 Å². The quantitative estimate of drug-likeness (QED) is 0.839. The molecule has 3 N–H and O–H groups in total. The van der Waals surface area contributed by atoms with E-state index >= 15 is 0 Å². The van der Waals surface area contributed by atoms with E-state index in [9.17, 15) is 4.79 Å². The molecule has 5 nitrogen and oxygen atoms in total. The third-order valence-corrected chi connectivity index (χ3v) is 2.96. The van der Waals surface area contributed by atoms with Gasteiger partial charge < -0.3 is 15.5 Å². The van der Waals surface area contributed by atoms with E-state index in [-0.39, 0.29) is 16.7 Å². The van der Waals surface area contributed by atoms with Crippen LogP contribution in [0.25, 0.3) is 0 Å². The molecule has 1 heterocycles. The van der Waals surface area contributed by atoms with Gasteiger partial charge in [-0.15, -0.1) is 0 Å². The molecule has 6 heteroatoms. The number of nitrogens with one attached hydrogen (secondary N) is 1. The highest BCUT2D eigenvalue weighted by Crippen LogP contribution is 2.18. The number of aryl methyl sites for hydroxylation is 2. The molecule has 98 valence electrons. The maximum atomic E-state index is 12.0. The number of carbonyl (C=O) groups excluding carboxylic acids is 1. The average molecular weight is 275 g/mol. The van der Waals surface area contributed by atoms with Crippen molar-refractivity contribution < 1.29 is 9.21 Å². The van der Waals surface area contributed by atoms with E-state index in [2.05, 4.69) is 10.3 Å². The molecule has 0 saturated heterocycles. The fraction of sp³-hybridized carbons (Fsp3) is 0.154. The zero-order valence-corrected chi connectivity index (χ0v) is 11.4. The number of benzene rings is 1. The van der Waals surface area contributed by atoms with Crippen molar-refractivity contribution in [1.29, 1.82) is 0 Å². The third kappa shape index (κ3) is 2.79. The average Bonchev–Trinajstić information content (AvgIpc) is 2.78. The Morgan fingerprint density at radius 1 is 1.42 bits per heavy atom. The minimum Gasteiger partial charge on any atom is -0.438 e. The predicted octanol–water partition coefficient (Wildman–Crippen LogP) is 2.18. The Hall–Kier alpha value is -2.21. The van der Waals surface area contributed by atoms with Crippen molar-refractivity contribution in [1.82, 2.24) is 4.98 Å². The number of nitrogens with zero attached hydrogens (tertiary/aromatic N) is 1. The van der Waals surface area contributed by atoms with E-state index in [0.29, 0.717) is 16.9 Å². The van der Waals surface area contributed by atoms with Gasteiger partial charge in [0.05, 0.1) is 5.69 Å². The van der Waals surface area contributed by atoms with Gasteiger partial charge in [0.2, 0.25) is 5.76 Å². The minimum absolute atomic E-state index is 0.195. The number of anilines is 1. The molecule has 2 rings (SSSR count). The van der Waals surface area contributed by atoms with Gasteiger partial charge in [0.1, 0.15) is 4.99 Å². The SMILES string of the molecule is Cc1ccc(C(N)=S)cc1NC(=O)c1ocnc1C. The highest BCUT2D eigenvalue weighted by molar-refractivity contribution is 7.80. The van der Waals surface area contributed by atoms with Gasteiger partial charge in [-0.05, 0) is 25.5 Å². The molecule has 19 heavy (non-hydrogen) atoms. The summed E-state index contributed by atoms with van der Waals surface area (Å²) in [6.07, 6.45) is 1.24. The van der Waals surface area contributed by atoms with E-state index in [1.807, 2.05) is 19.1 Å². The Morgan fingerprint density at radius 3 is 2.74 bits per heavy atom. The van der Waals surface area contributed by atoms with Crippen molar-refractivity contribution in [2.45, 2.75) is 13.8 Å². The Bertz CT molecular complexity index is 649. The molecular formula is C13H13N3O2S. The molecule has 0 bridgehead atoms. The maximum Gasteiger partial charge on any atom is 0.293 e. The fourth-order valence-corrected chi connectivity index (χ4v) is 1.74. The highest BCUT2D eigenvalue weighted by Gasteiger charge is 2.15. The topological polar surface area (TPSA) is 81.1 Å². The Labute approximate surface area is 115 Å². The summed E-state index contributed by atoms with van der Waals surface area (Å²) in [7, 11) is 0. The largest absolute Gasteiger partial charge is 0.438 e. The summed E-state index contributed by atoms with van der Waals surface area (Å²) in [6, 6.07) is 5.39. The molecule has 0 spiro atoms. The third-order valence-electron chi connectivity index (χ3n) is 2.72. The van der Waals surface area contributed by atoms with Gasteiger partial charge in [-0.2, -0.15) is 0 Å². The zero-order chi connectivity index (χ0) is 14.0. The number of aromatic nitrogens is 1. The van der Waals surface area contributed by atoms with Crippen LogP contribution in [0.1, 0.15) is 27.4 Å². The zero-order valence-electron chi connectivity index (χ0n) is 10.6. The first kappa shape index (κ1) is 13.2. The van der Waals surface area contributed by atoms with Crippen molar-refractivity contribution in [3.05, 3.63) is 47.2 Å². The lowest BCUT2D eigenvalue weighted by Crippen LogP contribution is -2.15. The van der Waals surface area contributed by atoms with Gasteiger partial charge in [-0.3, -0.25) is 4.79 Å². The summed E-state index contributed by atoms with van der Waals surface area (Å²) in [4.78, 5) is 16.2. The van der Waals surface area contributed by atoms with E-state index in [0.717, 1.165) is 5.56 Å². The highest BCUT2D eigenvalue weighted by atomic mass is 32.1. The van der Waals surface area contributed by atoms with Crippen molar-refractivity contribution in [2.24, 2.45) is 5.73 Å². The first-order chi connectivity index (χ1) is 8.99. The molecule has 0 aliphatic heterocycles. The predicted molar refractivity (Wildman–Crippen MR) is 76.3 cm³/mol. The van der Waals surface area contributed by atoms with E-state index in [1.165, 1.54) is 6.39 Å². The summed E-state index contributed by atoms with van der Waals surface area (Å²) < 4.78 is 5.04. The minimum atomic E-state index is -0.349. The standard InChI is InChI=1S/C13H13N3O2S/c1-7-3-4-9(12(14)19)5-10(7)16-13(17)11-8(2)15-6-18-11/h3-6H,1-2H3,(H2,14,19)(H,16,17). The summed E-state index contributed by atoms with van der Waals surface area (Å²) in [6.45, 7) is 3.59. The number of amides is 1. The van der Waals surface area contributed by atoms with Crippen LogP contribution >= 0.6 is 12.2 Å². The van der Waals surface area contributed by atoms with Crippen LogP contribution < -0.4 is 11.1 Å². The number of hydrogen-bond acceptors (Lipinski definition) is 4. The van der Waals surface area contributed by atoms with Gasteiger partial charge >= 0.3 is 0 Å². The second-order valence-electron chi connectivity index (χ2n) is 4.11.